The zero-order valence-corrected chi connectivity index (χ0v) is 16.7. The van der Waals surface area contributed by atoms with E-state index in [9.17, 15) is 4.79 Å². The van der Waals surface area contributed by atoms with Gasteiger partial charge in [0.15, 0.2) is 0 Å². The summed E-state index contributed by atoms with van der Waals surface area (Å²) in [6.07, 6.45) is 13.5. The summed E-state index contributed by atoms with van der Waals surface area (Å²) in [6.45, 7) is 1.97. The highest BCUT2D eigenvalue weighted by Gasteiger charge is 2.51. The molecule has 1 amide bonds. The van der Waals surface area contributed by atoms with Gasteiger partial charge in [0, 0.05) is 11.7 Å². The molecule has 3 nitrogen and oxygen atoms in total. The summed E-state index contributed by atoms with van der Waals surface area (Å²) < 4.78 is 0. The molecule has 0 saturated heterocycles. The molecule has 0 radical (unpaired) electrons. The van der Waals surface area contributed by atoms with Crippen molar-refractivity contribution in [2.45, 2.75) is 88.6 Å². The first-order chi connectivity index (χ1) is 13.1. The number of hydrogen-bond acceptors (Lipinski definition) is 2. The van der Waals surface area contributed by atoms with Gasteiger partial charge in [-0.1, -0.05) is 25.0 Å². The number of hydrogen-bond donors (Lipinski definition) is 2. The van der Waals surface area contributed by atoms with E-state index >= 15 is 0 Å². The van der Waals surface area contributed by atoms with Crippen molar-refractivity contribution in [2.24, 2.45) is 17.8 Å². The van der Waals surface area contributed by atoms with Crippen LogP contribution in [0.3, 0.4) is 0 Å². The molecule has 0 spiro atoms. The highest BCUT2D eigenvalue weighted by atomic mass is 16.2. The third-order valence-corrected chi connectivity index (χ3v) is 8.01. The SMILES string of the molecule is C[C@H](Nc1ccc(C23CC4CC(CC(C4)C2)C3)cc1)C(=O)NC1CCCC1. The van der Waals surface area contributed by atoms with Gasteiger partial charge in [0.2, 0.25) is 5.91 Å². The van der Waals surface area contributed by atoms with Gasteiger partial charge in [0.05, 0.1) is 0 Å². The van der Waals surface area contributed by atoms with Crippen molar-refractivity contribution in [3.8, 4) is 0 Å². The second kappa shape index (κ2) is 6.83. The lowest BCUT2D eigenvalue weighted by atomic mass is 9.48. The van der Waals surface area contributed by atoms with Crippen LogP contribution in [-0.4, -0.2) is 18.0 Å². The van der Waals surface area contributed by atoms with Crippen molar-refractivity contribution in [1.29, 1.82) is 0 Å². The third kappa shape index (κ3) is 3.39. The second-order valence-electron chi connectivity index (χ2n) is 10.1. The average molecular weight is 367 g/mol. The molecule has 5 fully saturated rings. The minimum atomic E-state index is -0.184. The zero-order chi connectivity index (χ0) is 18.4. The van der Waals surface area contributed by atoms with E-state index in [4.69, 9.17) is 0 Å². The van der Waals surface area contributed by atoms with Gasteiger partial charge in [-0.2, -0.15) is 0 Å². The van der Waals surface area contributed by atoms with Crippen molar-refractivity contribution in [3.63, 3.8) is 0 Å². The van der Waals surface area contributed by atoms with Crippen molar-refractivity contribution in [1.82, 2.24) is 5.32 Å². The number of benzene rings is 1. The van der Waals surface area contributed by atoms with E-state index in [1.807, 2.05) is 6.92 Å². The molecule has 0 aliphatic heterocycles. The summed E-state index contributed by atoms with van der Waals surface area (Å²) in [5, 5.41) is 6.60. The van der Waals surface area contributed by atoms with Gasteiger partial charge in [0.1, 0.15) is 6.04 Å². The Morgan fingerprint density at radius 1 is 0.963 bits per heavy atom. The molecule has 1 aromatic carbocycles. The molecule has 5 saturated carbocycles. The van der Waals surface area contributed by atoms with E-state index in [0.29, 0.717) is 11.5 Å². The van der Waals surface area contributed by atoms with E-state index in [-0.39, 0.29) is 11.9 Å². The van der Waals surface area contributed by atoms with Crippen molar-refractivity contribution in [3.05, 3.63) is 29.8 Å². The zero-order valence-electron chi connectivity index (χ0n) is 16.7. The van der Waals surface area contributed by atoms with Crippen LogP contribution in [0.5, 0.6) is 0 Å². The molecule has 5 aliphatic rings. The largest absolute Gasteiger partial charge is 0.374 e. The van der Waals surface area contributed by atoms with Crippen LogP contribution in [-0.2, 0) is 10.2 Å². The lowest BCUT2D eigenvalue weighted by Gasteiger charge is -2.57. The Balaban J connectivity index is 1.23. The molecular weight excluding hydrogens is 332 g/mol. The van der Waals surface area contributed by atoms with Gasteiger partial charge < -0.3 is 10.6 Å². The van der Waals surface area contributed by atoms with Gasteiger partial charge in [-0.15, -0.1) is 0 Å². The highest BCUT2D eigenvalue weighted by Crippen LogP contribution is 2.60. The van der Waals surface area contributed by atoms with E-state index in [1.165, 1.54) is 51.4 Å². The monoisotopic (exact) mass is 366 g/mol. The Hall–Kier alpha value is -1.51. The standard InChI is InChI=1S/C24H34N2O/c1-16(23(27)26-21-4-2-3-5-21)25-22-8-6-20(7-9-22)24-13-17-10-18(14-24)12-19(11-17)15-24/h6-9,16-19,21,25H,2-5,10-15H2,1H3,(H,26,27)/t16-,17?,18?,19?,24?/m0/s1. The fourth-order valence-corrected chi connectivity index (χ4v) is 7.10. The van der Waals surface area contributed by atoms with Crippen LogP contribution < -0.4 is 10.6 Å². The van der Waals surface area contributed by atoms with E-state index in [1.54, 1.807) is 5.56 Å². The molecule has 0 unspecified atom stereocenters. The Morgan fingerprint density at radius 2 is 1.52 bits per heavy atom. The van der Waals surface area contributed by atoms with Crippen LogP contribution in [0.25, 0.3) is 0 Å². The minimum Gasteiger partial charge on any atom is -0.374 e. The van der Waals surface area contributed by atoms with Crippen LogP contribution in [0.15, 0.2) is 24.3 Å². The molecule has 3 heteroatoms. The smallest absolute Gasteiger partial charge is 0.242 e. The fraction of sp³-hybridized carbons (Fsp3) is 0.708. The fourth-order valence-electron chi connectivity index (χ4n) is 7.10. The van der Waals surface area contributed by atoms with E-state index in [0.717, 1.165) is 36.3 Å². The maximum Gasteiger partial charge on any atom is 0.242 e. The van der Waals surface area contributed by atoms with Gasteiger partial charge in [-0.25, -0.2) is 0 Å². The normalized spacial score (nSPS) is 36.0. The topological polar surface area (TPSA) is 41.1 Å². The summed E-state index contributed by atoms with van der Waals surface area (Å²) in [4.78, 5) is 12.4. The molecule has 2 N–H and O–H groups in total. The lowest BCUT2D eigenvalue weighted by Crippen LogP contribution is -2.48. The van der Waals surface area contributed by atoms with Crippen molar-refractivity contribution < 1.29 is 4.79 Å². The van der Waals surface area contributed by atoms with E-state index in [2.05, 4.69) is 34.9 Å². The summed E-state index contributed by atoms with van der Waals surface area (Å²) in [5.74, 6) is 3.07. The van der Waals surface area contributed by atoms with Gasteiger partial charge in [-0.05, 0) is 99.2 Å². The maximum absolute atomic E-state index is 12.4. The molecule has 27 heavy (non-hydrogen) atoms. The van der Waals surface area contributed by atoms with Crippen LogP contribution in [0, 0.1) is 17.8 Å². The Morgan fingerprint density at radius 3 is 2.07 bits per heavy atom. The quantitative estimate of drug-likeness (QED) is 0.769. The van der Waals surface area contributed by atoms with Crippen LogP contribution in [0.4, 0.5) is 5.69 Å². The Bertz CT molecular complexity index is 654. The average Bonchev–Trinajstić information content (AvgIpc) is 3.14. The van der Waals surface area contributed by atoms with Gasteiger partial charge in [0.25, 0.3) is 0 Å². The molecule has 6 rings (SSSR count). The molecule has 1 atom stereocenters. The summed E-state index contributed by atoms with van der Waals surface area (Å²) in [5.41, 5.74) is 3.08. The molecule has 0 aromatic heterocycles. The first-order valence-electron chi connectivity index (χ1n) is 11.3. The second-order valence-corrected chi connectivity index (χ2v) is 10.1. The first-order valence-corrected chi connectivity index (χ1v) is 11.3. The molecule has 4 bridgehead atoms. The van der Waals surface area contributed by atoms with Gasteiger partial charge >= 0.3 is 0 Å². The number of rotatable bonds is 5. The number of anilines is 1. The molecule has 5 aliphatic carbocycles. The predicted octanol–water partition coefficient (Wildman–Crippen LogP) is 5.01. The summed E-state index contributed by atoms with van der Waals surface area (Å²) in [7, 11) is 0. The van der Waals surface area contributed by atoms with Crippen molar-refractivity contribution >= 4 is 11.6 Å². The van der Waals surface area contributed by atoms with Crippen LogP contribution in [0.1, 0.15) is 76.7 Å². The molecule has 0 heterocycles. The predicted molar refractivity (Wildman–Crippen MR) is 110 cm³/mol. The van der Waals surface area contributed by atoms with Gasteiger partial charge in [-0.3, -0.25) is 4.79 Å². The molecule has 1 aromatic rings. The number of carbonyl (C=O) groups is 1. The van der Waals surface area contributed by atoms with Crippen molar-refractivity contribution in [2.75, 3.05) is 5.32 Å². The number of amides is 1. The molecule has 146 valence electrons. The van der Waals surface area contributed by atoms with Crippen LogP contribution in [0.2, 0.25) is 0 Å². The number of carbonyl (C=O) groups excluding carboxylic acids is 1. The highest BCUT2D eigenvalue weighted by molar-refractivity contribution is 5.84. The maximum atomic E-state index is 12.4. The first kappa shape index (κ1) is 17.6. The lowest BCUT2D eigenvalue weighted by molar-refractivity contribution is -0.122. The molecular formula is C24H34N2O. The Labute approximate surface area is 163 Å². The van der Waals surface area contributed by atoms with E-state index < -0.39 is 0 Å². The third-order valence-electron chi connectivity index (χ3n) is 8.01. The Kier molecular flexibility index (Phi) is 4.44. The summed E-state index contributed by atoms with van der Waals surface area (Å²) in [6, 6.07) is 9.30. The minimum absolute atomic E-state index is 0.132. The van der Waals surface area contributed by atoms with Crippen LogP contribution >= 0.6 is 0 Å². The summed E-state index contributed by atoms with van der Waals surface area (Å²) >= 11 is 0. The number of nitrogens with one attached hydrogen (secondary N) is 2.